The molecule has 0 fully saturated rings. The first-order valence-corrected chi connectivity index (χ1v) is 9.72. The van der Waals surface area contributed by atoms with Gasteiger partial charge in [0.05, 0.1) is 11.1 Å². The largest absolute Gasteiger partial charge is 0.398 e. The molecule has 1 aromatic rings. The molecular formula is C19H30ClN7O4. The highest BCUT2D eigenvalue weighted by atomic mass is 35.5. The predicted octanol–water partition coefficient (Wildman–Crippen LogP) is 0.0610. The summed E-state index contributed by atoms with van der Waals surface area (Å²) in [6.07, 6.45) is 1.93. The van der Waals surface area contributed by atoms with Crippen molar-refractivity contribution in [3.63, 3.8) is 0 Å². The third-order valence-electron chi connectivity index (χ3n) is 4.12. The van der Waals surface area contributed by atoms with Gasteiger partial charge in [0.25, 0.3) is 17.7 Å². The Balaban J connectivity index is 0.000000649. The van der Waals surface area contributed by atoms with Crippen molar-refractivity contribution < 1.29 is 19.2 Å². The maximum Gasteiger partial charge on any atom is 0.277 e. The van der Waals surface area contributed by atoms with Gasteiger partial charge in [0.15, 0.2) is 0 Å². The molecule has 11 nitrogen and oxygen atoms in total. The van der Waals surface area contributed by atoms with Crippen LogP contribution in [0.4, 0.5) is 5.69 Å². The van der Waals surface area contributed by atoms with Crippen LogP contribution < -0.4 is 28.6 Å². The molecular weight excluding hydrogens is 426 g/mol. The third kappa shape index (κ3) is 7.89. The summed E-state index contributed by atoms with van der Waals surface area (Å²) in [5, 5.41) is 0.298. The van der Waals surface area contributed by atoms with Gasteiger partial charge in [0.1, 0.15) is 5.88 Å². The second-order valence-electron chi connectivity index (χ2n) is 6.53. The Kier molecular flexibility index (Phi) is 11.9. The molecule has 0 heterocycles. The van der Waals surface area contributed by atoms with Crippen LogP contribution in [0.1, 0.15) is 47.4 Å². The molecule has 1 aromatic carbocycles. The number of nitrogens with two attached hydrogens (primary N) is 4. The SMILES string of the molecule is CCC/C(=C(/C)C(N)=O)N(C)C.NNC(=O)c1cccc(N)c1C(=O)N(N)C(=O)CCl. The highest BCUT2D eigenvalue weighted by Crippen LogP contribution is 2.18. The van der Waals surface area contributed by atoms with Gasteiger partial charge in [0.2, 0.25) is 5.91 Å². The average Bonchev–Trinajstić information content (AvgIpc) is 2.74. The highest BCUT2D eigenvalue weighted by Gasteiger charge is 2.25. The molecule has 12 heteroatoms. The number of hydrogen-bond acceptors (Lipinski definition) is 8. The van der Waals surface area contributed by atoms with Crippen molar-refractivity contribution in [2.24, 2.45) is 17.4 Å². The molecule has 0 unspecified atom stereocenters. The Morgan fingerprint density at radius 3 is 2.16 bits per heavy atom. The van der Waals surface area contributed by atoms with E-state index in [1.807, 2.05) is 24.4 Å². The minimum Gasteiger partial charge on any atom is -0.398 e. The molecule has 0 radical (unpaired) electrons. The van der Waals surface area contributed by atoms with Crippen LogP contribution in [-0.2, 0) is 9.59 Å². The van der Waals surface area contributed by atoms with Crippen LogP contribution in [0.5, 0.6) is 0 Å². The molecule has 0 aliphatic rings. The molecule has 0 saturated heterocycles. The average molecular weight is 456 g/mol. The summed E-state index contributed by atoms with van der Waals surface area (Å²) >= 11 is 5.29. The van der Waals surface area contributed by atoms with Crippen LogP contribution in [0.15, 0.2) is 29.5 Å². The van der Waals surface area contributed by atoms with E-state index in [2.05, 4.69) is 6.92 Å². The first kappa shape index (κ1) is 27.8. The van der Waals surface area contributed by atoms with Crippen molar-refractivity contribution in [2.45, 2.75) is 26.7 Å². The van der Waals surface area contributed by atoms with Gasteiger partial charge in [-0.25, -0.2) is 16.7 Å². The van der Waals surface area contributed by atoms with Crippen LogP contribution in [-0.4, -0.2) is 53.5 Å². The first-order chi connectivity index (χ1) is 14.4. The number of carbonyl (C=O) groups excluding carboxylic acids is 4. The Hall–Kier alpha value is -3.15. The Bertz CT molecular complexity index is 856. The van der Waals surface area contributed by atoms with Gasteiger partial charge in [-0.2, -0.15) is 0 Å². The zero-order chi connectivity index (χ0) is 24.3. The maximum absolute atomic E-state index is 12.0. The number of hydrogen-bond donors (Lipinski definition) is 5. The van der Waals surface area contributed by atoms with Crippen molar-refractivity contribution in [3.05, 3.63) is 40.6 Å². The lowest BCUT2D eigenvalue weighted by Gasteiger charge is -2.18. The topological polar surface area (TPSA) is 191 Å². The molecule has 172 valence electrons. The number of amides is 4. The lowest BCUT2D eigenvalue weighted by Crippen LogP contribution is -2.44. The zero-order valence-corrected chi connectivity index (χ0v) is 18.8. The summed E-state index contributed by atoms with van der Waals surface area (Å²) in [5.41, 5.74) is 14.1. The van der Waals surface area contributed by atoms with E-state index < -0.39 is 23.6 Å². The van der Waals surface area contributed by atoms with Crippen LogP contribution in [0.3, 0.4) is 0 Å². The van der Waals surface area contributed by atoms with E-state index in [1.165, 1.54) is 18.2 Å². The summed E-state index contributed by atoms with van der Waals surface area (Å²) in [5.74, 6) is 7.01. The zero-order valence-electron chi connectivity index (χ0n) is 18.1. The number of imide groups is 1. The standard InChI is InChI=1S/C10H12ClN5O3.C9H18N2O/c11-4-7(17)16(14)10(19)8-5(9(18)15-13)2-1-3-6(8)12;1-5-6-8(11(3)4)7(2)9(10)12/h1-3H,4,12-14H2,(H,15,18);5-6H2,1-4H3,(H2,10,12)/b;8-7+. The molecule has 1 rings (SSSR count). The lowest BCUT2D eigenvalue weighted by molar-refractivity contribution is -0.126. The minimum atomic E-state index is -0.942. The number of anilines is 1. The fraction of sp³-hybridized carbons (Fsp3) is 0.368. The highest BCUT2D eigenvalue weighted by molar-refractivity contribution is 6.29. The van der Waals surface area contributed by atoms with Gasteiger partial charge in [-0.05, 0) is 25.5 Å². The van der Waals surface area contributed by atoms with Gasteiger partial charge in [-0.1, -0.05) is 19.4 Å². The number of nitrogens with zero attached hydrogens (tertiary/aromatic N) is 2. The van der Waals surface area contributed by atoms with Crippen molar-refractivity contribution in [1.82, 2.24) is 15.3 Å². The molecule has 0 saturated carbocycles. The third-order valence-corrected chi connectivity index (χ3v) is 4.35. The molecule has 9 N–H and O–H groups in total. The van der Waals surface area contributed by atoms with Gasteiger partial charge in [-0.15, -0.1) is 11.6 Å². The molecule has 0 spiro atoms. The Morgan fingerprint density at radius 2 is 1.74 bits per heavy atom. The monoisotopic (exact) mass is 455 g/mol. The summed E-state index contributed by atoms with van der Waals surface area (Å²) in [4.78, 5) is 47.6. The number of nitrogen functional groups attached to an aromatic ring is 2. The molecule has 31 heavy (non-hydrogen) atoms. The minimum absolute atomic E-state index is 0.0103. The van der Waals surface area contributed by atoms with Crippen molar-refractivity contribution >= 4 is 40.9 Å². The number of rotatable bonds is 7. The first-order valence-electron chi connectivity index (χ1n) is 9.18. The van der Waals surface area contributed by atoms with Crippen molar-refractivity contribution in [3.8, 4) is 0 Å². The Morgan fingerprint density at radius 1 is 1.16 bits per heavy atom. The summed E-state index contributed by atoms with van der Waals surface area (Å²) in [7, 11) is 3.86. The van der Waals surface area contributed by atoms with E-state index in [0.717, 1.165) is 18.5 Å². The van der Waals surface area contributed by atoms with Gasteiger partial charge < -0.3 is 16.4 Å². The van der Waals surface area contributed by atoms with Crippen LogP contribution in [0.25, 0.3) is 0 Å². The molecule has 0 atom stereocenters. The molecule has 0 aliphatic heterocycles. The molecule has 4 amide bonds. The number of alkyl halides is 1. The van der Waals surface area contributed by atoms with Crippen molar-refractivity contribution in [1.29, 1.82) is 0 Å². The van der Waals surface area contributed by atoms with E-state index in [0.29, 0.717) is 10.6 Å². The number of carbonyl (C=O) groups is 4. The van der Waals surface area contributed by atoms with Crippen LogP contribution >= 0.6 is 11.6 Å². The predicted molar refractivity (Wildman–Crippen MR) is 119 cm³/mol. The second kappa shape index (κ2) is 13.2. The normalized spacial score (nSPS) is 10.8. The summed E-state index contributed by atoms with van der Waals surface area (Å²) < 4.78 is 0. The number of benzene rings is 1. The number of allylic oxidation sites excluding steroid dienone is 1. The van der Waals surface area contributed by atoms with Crippen LogP contribution in [0.2, 0.25) is 0 Å². The van der Waals surface area contributed by atoms with Crippen LogP contribution in [0, 0.1) is 0 Å². The summed E-state index contributed by atoms with van der Waals surface area (Å²) in [6, 6.07) is 4.17. The van der Waals surface area contributed by atoms with Gasteiger partial charge in [-0.3, -0.25) is 24.6 Å². The van der Waals surface area contributed by atoms with Crippen molar-refractivity contribution in [2.75, 3.05) is 25.7 Å². The van der Waals surface area contributed by atoms with E-state index in [-0.39, 0.29) is 22.7 Å². The number of halogens is 1. The number of nitrogens with one attached hydrogen (secondary N) is 1. The summed E-state index contributed by atoms with van der Waals surface area (Å²) in [6.45, 7) is 3.85. The second-order valence-corrected chi connectivity index (χ2v) is 6.79. The molecule has 0 aliphatic carbocycles. The van der Waals surface area contributed by atoms with E-state index in [4.69, 9.17) is 34.8 Å². The lowest BCUT2D eigenvalue weighted by atomic mass is 10.0. The molecule has 0 aromatic heterocycles. The molecule has 0 bridgehead atoms. The number of hydrazine groups is 2. The van der Waals surface area contributed by atoms with Gasteiger partial charge in [0, 0.05) is 31.1 Å². The van der Waals surface area contributed by atoms with E-state index in [1.54, 1.807) is 6.92 Å². The van der Waals surface area contributed by atoms with E-state index >= 15 is 0 Å². The fourth-order valence-corrected chi connectivity index (χ4v) is 2.63. The quantitative estimate of drug-likeness (QED) is 0.0950. The number of primary amides is 1. The Labute approximate surface area is 186 Å². The van der Waals surface area contributed by atoms with Gasteiger partial charge >= 0.3 is 0 Å². The fourth-order valence-electron chi connectivity index (χ4n) is 2.50. The smallest absolute Gasteiger partial charge is 0.277 e. The maximum atomic E-state index is 12.0. The van der Waals surface area contributed by atoms with E-state index in [9.17, 15) is 19.2 Å².